The van der Waals surface area contributed by atoms with E-state index in [0.29, 0.717) is 15.2 Å². The Morgan fingerprint density at radius 3 is 2.94 bits per heavy atom. The van der Waals surface area contributed by atoms with Crippen molar-refractivity contribution in [3.63, 3.8) is 0 Å². The van der Waals surface area contributed by atoms with Crippen molar-refractivity contribution in [3.8, 4) is 5.13 Å². The van der Waals surface area contributed by atoms with Gasteiger partial charge in [-0.3, -0.25) is 0 Å². The Bertz CT molecular complexity index is 676. The molecule has 0 amide bonds. The fourth-order valence-corrected chi connectivity index (χ4v) is 2.72. The molecule has 0 aliphatic carbocycles. The minimum atomic E-state index is -0.101. The van der Waals surface area contributed by atoms with Gasteiger partial charge >= 0.3 is 0 Å². The van der Waals surface area contributed by atoms with Gasteiger partial charge in [0, 0.05) is 5.39 Å². The maximum atomic E-state index is 9.10. The average Bonchev–Trinajstić information content (AvgIpc) is 2.92. The van der Waals surface area contributed by atoms with E-state index in [4.69, 9.17) is 16.7 Å². The first kappa shape index (κ1) is 10.7. The number of thiazole rings is 1. The van der Waals surface area contributed by atoms with Gasteiger partial charge in [-0.05, 0) is 6.07 Å². The lowest BCUT2D eigenvalue weighted by Crippen LogP contribution is -1.94. The molecule has 0 aliphatic rings. The fraction of sp³-hybridized carbons (Fsp3) is 0.0909. The zero-order valence-electron chi connectivity index (χ0n) is 8.67. The van der Waals surface area contributed by atoms with Gasteiger partial charge < -0.3 is 5.11 Å². The molecule has 86 valence electrons. The molecular weight excluding hydrogens is 258 g/mol. The molecule has 1 N–H and O–H groups in total. The zero-order valence-corrected chi connectivity index (χ0v) is 10.2. The molecule has 0 saturated heterocycles. The molecular formula is C11H8ClN3OS. The van der Waals surface area contributed by atoms with E-state index in [1.165, 1.54) is 11.3 Å². The second-order valence-electron chi connectivity index (χ2n) is 3.48. The van der Waals surface area contributed by atoms with E-state index in [1.807, 2.05) is 24.3 Å². The van der Waals surface area contributed by atoms with E-state index < -0.39 is 0 Å². The molecule has 0 radical (unpaired) electrons. The number of aliphatic hydroxyl groups is 1. The summed E-state index contributed by atoms with van der Waals surface area (Å²) in [4.78, 5) is 4.85. The summed E-state index contributed by atoms with van der Waals surface area (Å²) in [5.74, 6) is 0. The van der Waals surface area contributed by atoms with Crippen molar-refractivity contribution in [2.45, 2.75) is 6.61 Å². The Kier molecular flexibility index (Phi) is 2.58. The third-order valence-corrected chi connectivity index (χ3v) is 3.88. The van der Waals surface area contributed by atoms with Crippen molar-refractivity contribution < 1.29 is 5.11 Å². The number of nitrogens with zero attached hydrogens (tertiary/aromatic N) is 3. The Morgan fingerprint density at radius 1 is 1.35 bits per heavy atom. The summed E-state index contributed by atoms with van der Waals surface area (Å²) in [6.45, 7) is -0.101. The van der Waals surface area contributed by atoms with Crippen LogP contribution < -0.4 is 0 Å². The van der Waals surface area contributed by atoms with Crippen LogP contribution >= 0.6 is 22.9 Å². The van der Waals surface area contributed by atoms with Crippen LogP contribution in [-0.2, 0) is 6.61 Å². The van der Waals surface area contributed by atoms with Crippen molar-refractivity contribution >= 4 is 33.8 Å². The first-order valence-electron chi connectivity index (χ1n) is 4.99. The lowest BCUT2D eigenvalue weighted by atomic mass is 10.3. The summed E-state index contributed by atoms with van der Waals surface area (Å²) in [6, 6.07) is 7.86. The minimum Gasteiger partial charge on any atom is -0.391 e. The lowest BCUT2D eigenvalue weighted by molar-refractivity contribution is 0.285. The molecule has 1 aromatic carbocycles. The predicted octanol–water partition coefficient (Wildman–Crippen LogP) is 2.63. The second kappa shape index (κ2) is 4.10. The maximum absolute atomic E-state index is 9.10. The molecule has 0 unspecified atom stereocenters. The van der Waals surface area contributed by atoms with Crippen LogP contribution in [0, 0.1) is 0 Å². The first-order chi connectivity index (χ1) is 8.29. The molecule has 0 spiro atoms. The summed E-state index contributed by atoms with van der Waals surface area (Å²) in [6.07, 6.45) is 1.78. The van der Waals surface area contributed by atoms with Gasteiger partial charge in [-0.2, -0.15) is 5.10 Å². The normalized spacial score (nSPS) is 11.2. The molecule has 2 aromatic heterocycles. The number of aliphatic hydroxyl groups excluding tert-OH is 1. The van der Waals surface area contributed by atoms with Crippen molar-refractivity contribution in [1.82, 2.24) is 14.8 Å². The van der Waals surface area contributed by atoms with E-state index in [-0.39, 0.29) is 6.61 Å². The van der Waals surface area contributed by atoms with Gasteiger partial charge in [-0.15, -0.1) is 0 Å². The number of benzene rings is 1. The third kappa shape index (κ3) is 1.72. The van der Waals surface area contributed by atoms with Crippen LogP contribution in [0.4, 0.5) is 0 Å². The van der Waals surface area contributed by atoms with Crippen LogP contribution in [0.1, 0.15) is 4.88 Å². The van der Waals surface area contributed by atoms with Crippen molar-refractivity contribution in [1.29, 1.82) is 0 Å². The fourth-order valence-electron chi connectivity index (χ4n) is 1.63. The van der Waals surface area contributed by atoms with E-state index in [2.05, 4.69) is 10.1 Å². The Balaban J connectivity index is 2.20. The number of fused-ring (bicyclic) bond motifs is 1. The topological polar surface area (TPSA) is 50.9 Å². The van der Waals surface area contributed by atoms with Gasteiger partial charge in [0.15, 0.2) is 0 Å². The molecule has 3 rings (SSSR count). The first-order valence-corrected chi connectivity index (χ1v) is 6.18. The third-order valence-electron chi connectivity index (χ3n) is 2.44. The van der Waals surface area contributed by atoms with Crippen molar-refractivity contribution in [3.05, 3.63) is 40.5 Å². The maximum Gasteiger partial charge on any atom is 0.212 e. The SMILES string of the molecule is OCc1sc(-n2ncc3ccccc32)nc1Cl. The number of para-hydroxylation sites is 1. The summed E-state index contributed by atoms with van der Waals surface area (Å²) in [7, 11) is 0. The molecule has 0 saturated carbocycles. The predicted molar refractivity (Wildman–Crippen MR) is 67.7 cm³/mol. The molecule has 0 fully saturated rings. The monoisotopic (exact) mass is 265 g/mol. The number of aromatic nitrogens is 3. The van der Waals surface area contributed by atoms with Crippen molar-refractivity contribution in [2.24, 2.45) is 0 Å². The lowest BCUT2D eigenvalue weighted by Gasteiger charge is -1.96. The molecule has 17 heavy (non-hydrogen) atoms. The molecule has 4 nitrogen and oxygen atoms in total. The molecule has 6 heteroatoms. The highest BCUT2D eigenvalue weighted by atomic mass is 35.5. The highest BCUT2D eigenvalue weighted by Crippen LogP contribution is 2.27. The van der Waals surface area contributed by atoms with Crippen LogP contribution in [0.5, 0.6) is 0 Å². The van der Waals surface area contributed by atoms with Crippen LogP contribution in [0.3, 0.4) is 0 Å². The number of hydrogen-bond donors (Lipinski definition) is 1. The van der Waals surface area contributed by atoms with E-state index in [1.54, 1.807) is 10.9 Å². The van der Waals surface area contributed by atoms with E-state index in [9.17, 15) is 0 Å². The smallest absolute Gasteiger partial charge is 0.212 e. The summed E-state index contributed by atoms with van der Waals surface area (Å²) < 4.78 is 1.73. The highest BCUT2D eigenvalue weighted by molar-refractivity contribution is 7.14. The largest absolute Gasteiger partial charge is 0.391 e. The second-order valence-corrected chi connectivity index (χ2v) is 4.90. The van der Waals surface area contributed by atoms with E-state index >= 15 is 0 Å². The Morgan fingerprint density at radius 2 is 2.18 bits per heavy atom. The van der Waals surface area contributed by atoms with Gasteiger partial charge in [0.2, 0.25) is 5.13 Å². The average molecular weight is 266 g/mol. The minimum absolute atomic E-state index is 0.101. The number of halogens is 1. The highest BCUT2D eigenvalue weighted by Gasteiger charge is 2.12. The molecule has 2 heterocycles. The van der Waals surface area contributed by atoms with Crippen LogP contribution in [-0.4, -0.2) is 19.9 Å². The van der Waals surface area contributed by atoms with Gasteiger partial charge in [-0.25, -0.2) is 9.67 Å². The molecule has 0 aliphatic heterocycles. The van der Waals surface area contributed by atoms with Crippen LogP contribution in [0.15, 0.2) is 30.5 Å². The van der Waals surface area contributed by atoms with Gasteiger partial charge in [0.05, 0.1) is 23.2 Å². The molecule has 3 aromatic rings. The number of hydrogen-bond acceptors (Lipinski definition) is 4. The quantitative estimate of drug-likeness (QED) is 0.775. The van der Waals surface area contributed by atoms with Crippen LogP contribution in [0.2, 0.25) is 5.15 Å². The van der Waals surface area contributed by atoms with Crippen LogP contribution in [0.25, 0.3) is 16.0 Å². The zero-order chi connectivity index (χ0) is 11.8. The van der Waals surface area contributed by atoms with Gasteiger partial charge in [-0.1, -0.05) is 41.1 Å². The Hall–Kier alpha value is -1.43. The van der Waals surface area contributed by atoms with Gasteiger partial charge in [0.1, 0.15) is 5.15 Å². The standard InChI is InChI=1S/C11H8ClN3OS/c12-10-9(6-16)17-11(14-10)15-8-4-2-1-3-7(8)5-13-15/h1-5,16H,6H2. The number of rotatable bonds is 2. The van der Waals surface area contributed by atoms with Gasteiger partial charge in [0.25, 0.3) is 0 Å². The summed E-state index contributed by atoms with van der Waals surface area (Å²) >= 11 is 7.25. The molecule has 0 atom stereocenters. The molecule has 0 bridgehead atoms. The Labute approximate surface area is 106 Å². The summed E-state index contributed by atoms with van der Waals surface area (Å²) in [5.41, 5.74) is 0.974. The van der Waals surface area contributed by atoms with Crippen molar-refractivity contribution in [2.75, 3.05) is 0 Å². The van der Waals surface area contributed by atoms with E-state index in [0.717, 1.165) is 10.9 Å². The summed E-state index contributed by atoms with van der Waals surface area (Å²) in [5, 5.41) is 15.4.